The highest BCUT2D eigenvalue weighted by molar-refractivity contribution is 6.21. The van der Waals surface area contributed by atoms with Crippen LogP contribution < -0.4 is 16.1 Å². The number of ether oxygens (including phenoxy) is 1. The molecule has 2 aliphatic heterocycles. The molecule has 6 aliphatic rings. The molecule has 4 N–H and O–H groups in total. The van der Waals surface area contributed by atoms with Gasteiger partial charge in [-0.2, -0.15) is 0 Å². The molecule has 6 unspecified atom stereocenters. The summed E-state index contributed by atoms with van der Waals surface area (Å²) in [7, 11) is 0. The molecule has 4 aliphatic carbocycles. The number of hydrogen-bond donors (Lipinski definition) is 4. The third kappa shape index (κ3) is 4.96. The molecular formula is C24H38ClFN4O4. The van der Waals surface area contributed by atoms with Crippen molar-refractivity contribution in [1.29, 1.82) is 0 Å². The summed E-state index contributed by atoms with van der Waals surface area (Å²) in [6.45, 7) is 0.846. The van der Waals surface area contributed by atoms with Crippen molar-refractivity contribution in [3.63, 3.8) is 0 Å². The highest BCUT2D eigenvalue weighted by Gasteiger charge is 2.56. The van der Waals surface area contributed by atoms with Crippen LogP contribution in [0.3, 0.4) is 0 Å². The number of carbonyl (C=O) groups excluding carboxylic acids is 2. The first-order valence-electron chi connectivity index (χ1n) is 13.0. The topological polar surface area (TPSA) is 103 Å². The minimum absolute atomic E-state index is 0.0197. The number of fused-ring (bicyclic) bond motifs is 4. The van der Waals surface area contributed by atoms with Crippen LogP contribution in [0.4, 0.5) is 4.39 Å². The molecule has 2 saturated heterocycles. The van der Waals surface area contributed by atoms with Gasteiger partial charge in [0.05, 0.1) is 23.1 Å². The van der Waals surface area contributed by atoms with Crippen LogP contribution in [0.2, 0.25) is 0 Å². The van der Waals surface area contributed by atoms with Gasteiger partial charge in [-0.1, -0.05) is 6.42 Å². The molecule has 6 rings (SSSR count). The number of piperidine rings is 1. The van der Waals surface area contributed by atoms with Gasteiger partial charge in [-0.25, -0.2) is 14.8 Å². The van der Waals surface area contributed by atoms with Crippen LogP contribution in [0.15, 0.2) is 0 Å². The molecule has 10 heteroatoms. The predicted octanol–water partition coefficient (Wildman–Crippen LogP) is 1.68. The fraction of sp³-hybridized carbons (Fsp3) is 0.917. The van der Waals surface area contributed by atoms with Crippen molar-refractivity contribution in [3.05, 3.63) is 0 Å². The third-order valence-electron chi connectivity index (χ3n) is 8.97. The van der Waals surface area contributed by atoms with Crippen LogP contribution in [0.25, 0.3) is 0 Å². The molecule has 2 amide bonds. The molecule has 2 bridgehead atoms. The Labute approximate surface area is 205 Å². The Morgan fingerprint density at radius 2 is 1.91 bits per heavy atom. The second-order valence-corrected chi connectivity index (χ2v) is 11.8. The lowest BCUT2D eigenvalue weighted by Crippen LogP contribution is -2.71. The van der Waals surface area contributed by atoms with Gasteiger partial charge in [0.25, 0.3) is 0 Å². The number of amides is 2. The van der Waals surface area contributed by atoms with Crippen LogP contribution in [0.1, 0.15) is 77.0 Å². The Hall–Kier alpha value is -1.00. The van der Waals surface area contributed by atoms with Gasteiger partial charge in [0.1, 0.15) is 18.8 Å². The molecule has 0 aromatic heterocycles. The molecule has 8 nitrogen and oxygen atoms in total. The number of rotatable bonds is 6. The molecule has 0 radical (unpaired) electrons. The molecule has 0 aromatic rings. The summed E-state index contributed by atoms with van der Waals surface area (Å²) in [4.78, 5) is 25.7. The van der Waals surface area contributed by atoms with E-state index in [1.54, 1.807) is 0 Å². The van der Waals surface area contributed by atoms with E-state index in [-0.39, 0.29) is 37.0 Å². The van der Waals surface area contributed by atoms with Crippen LogP contribution in [-0.4, -0.2) is 82.0 Å². The summed E-state index contributed by atoms with van der Waals surface area (Å²) in [6.07, 6.45) is 6.70. The normalized spacial score (nSPS) is 44.4. The maximum atomic E-state index is 13.8. The Bertz CT molecular complexity index is 766. The van der Waals surface area contributed by atoms with E-state index >= 15 is 0 Å². The summed E-state index contributed by atoms with van der Waals surface area (Å²) >= 11 is 5.92. The van der Waals surface area contributed by atoms with E-state index in [4.69, 9.17) is 16.3 Å². The van der Waals surface area contributed by atoms with Gasteiger partial charge in [0, 0.05) is 24.5 Å². The average molecular weight is 501 g/mol. The SMILES string of the molecule is O=C(COC1CCC(Cl)C(F)C1)NC12CCC(NC(=O)C3CC4CCCCN4N3)(CC1)CC2O. The minimum atomic E-state index is -1.11. The first-order valence-corrected chi connectivity index (χ1v) is 13.4. The number of hydrogen-bond acceptors (Lipinski definition) is 6. The average Bonchev–Trinajstić information content (AvgIpc) is 3.26. The van der Waals surface area contributed by atoms with Gasteiger partial charge in [-0.3, -0.25) is 9.59 Å². The van der Waals surface area contributed by atoms with Crippen molar-refractivity contribution in [3.8, 4) is 0 Å². The van der Waals surface area contributed by atoms with E-state index in [1.165, 1.54) is 6.42 Å². The fourth-order valence-corrected chi connectivity index (χ4v) is 7.05. The molecule has 6 atom stereocenters. The van der Waals surface area contributed by atoms with Crippen molar-refractivity contribution in [2.45, 2.75) is 124 Å². The molecule has 192 valence electrons. The summed E-state index contributed by atoms with van der Waals surface area (Å²) in [5.74, 6) is -0.265. The molecular weight excluding hydrogens is 463 g/mol. The molecule has 34 heavy (non-hydrogen) atoms. The highest BCUT2D eigenvalue weighted by atomic mass is 35.5. The monoisotopic (exact) mass is 500 g/mol. The zero-order valence-electron chi connectivity index (χ0n) is 19.7. The van der Waals surface area contributed by atoms with Crippen molar-refractivity contribution >= 4 is 23.4 Å². The van der Waals surface area contributed by atoms with Gasteiger partial charge < -0.3 is 20.5 Å². The lowest BCUT2D eigenvalue weighted by atomic mass is 9.59. The van der Waals surface area contributed by atoms with Crippen molar-refractivity contribution in [2.75, 3.05) is 13.2 Å². The number of aliphatic hydroxyl groups excluding tert-OH is 1. The minimum Gasteiger partial charge on any atom is -0.391 e. The van der Waals surface area contributed by atoms with Crippen molar-refractivity contribution in [1.82, 2.24) is 21.1 Å². The third-order valence-corrected chi connectivity index (χ3v) is 9.46. The Morgan fingerprint density at radius 3 is 2.62 bits per heavy atom. The second-order valence-electron chi connectivity index (χ2n) is 11.2. The number of alkyl halides is 2. The van der Waals surface area contributed by atoms with Crippen LogP contribution >= 0.6 is 11.6 Å². The molecule has 2 heterocycles. The van der Waals surface area contributed by atoms with E-state index in [1.807, 2.05) is 0 Å². The number of nitrogens with zero attached hydrogens (tertiary/aromatic N) is 1. The zero-order valence-corrected chi connectivity index (χ0v) is 20.5. The maximum absolute atomic E-state index is 13.8. The van der Waals surface area contributed by atoms with Gasteiger partial charge in [0.15, 0.2) is 0 Å². The van der Waals surface area contributed by atoms with E-state index in [0.29, 0.717) is 38.1 Å². The standard InChI is InChI=1S/C24H38ClFN4O4/c25-17-5-4-16(12-18(17)26)34-14-21(32)27-24-8-6-23(7-9-24,13-20(24)31)28-22(33)19-11-15-3-1-2-10-30(15)29-19/h15-20,29,31H,1-14H2,(H,27,32)(H,28,33). The lowest BCUT2D eigenvalue weighted by molar-refractivity contribution is -0.140. The summed E-state index contributed by atoms with van der Waals surface area (Å²) in [5, 5.41) is 19.0. The van der Waals surface area contributed by atoms with E-state index in [2.05, 4.69) is 21.1 Å². The van der Waals surface area contributed by atoms with E-state index in [9.17, 15) is 19.1 Å². The van der Waals surface area contributed by atoms with Crippen molar-refractivity contribution < 1.29 is 23.8 Å². The predicted molar refractivity (Wildman–Crippen MR) is 125 cm³/mol. The highest BCUT2D eigenvalue weighted by Crippen LogP contribution is 2.47. The maximum Gasteiger partial charge on any atom is 0.246 e. The van der Waals surface area contributed by atoms with Gasteiger partial charge in [0.2, 0.25) is 11.8 Å². The fourth-order valence-electron chi connectivity index (χ4n) is 6.82. The largest absolute Gasteiger partial charge is 0.391 e. The number of aliphatic hydroxyl groups is 1. The summed E-state index contributed by atoms with van der Waals surface area (Å²) < 4.78 is 19.5. The number of carbonyl (C=O) groups is 2. The molecule has 0 spiro atoms. The second kappa shape index (κ2) is 9.81. The Morgan fingerprint density at radius 1 is 1.12 bits per heavy atom. The lowest BCUT2D eigenvalue weighted by Gasteiger charge is -2.56. The van der Waals surface area contributed by atoms with Crippen LogP contribution in [0.5, 0.6) is 0 Å². The first kappa shape index (κ1) is 24.7. The first-order chi connectivity index (χ1) is 16.3. The van der Waals surface area contributed by atoms with Gasteiger partial charge in [-0.15, -0.1) is 11.6 Å². The van der Waals surface area contributed by atoms with E-state index < -0.39 is 28.7 Å². The Balaban J connectivity index is 1.11. The van der Waals surface area contributed by atoms with Gasteiger partial charge in [-0.05, 0) is 64.2 Å². The van der Waals surface area contributed by atoms with E-state index in [0.717, 1.165) is 38.6 Å². The number of nitrogens with one attached hydrogen (secondary N) is 3. The van der Waals surface area contributed by atoms with Crippen LogP contribution in [-0.2, 0) is 14.3 Å². The summed E-state index contributed by atoms with van der Waals surface area (Å²) in [5.41, 5.74) is 2.28. The zero-order chi connectivity index (χ0) is 23.9. The smallest absolute Gasteiger partial charge is 0.246 e. The molecule has 6 fully saturated rings. The number of halogens is 2. The molecule has 0 aromatic carbocycles. The number of hydrazine groups is 1. The van der Waals surface area contributed by atoms with Gasteiger partial charge >= 0.3 is 0 Å². The van der Waals surface area contributed by atoms with Crippen molar-refractivity contribution in [2.24, 2.45) is 0 Å². The van der Waals surface area contributed by atoms with Crippen LogP contribution in [0, 0.1) is 0 Å². The quantitative estimate of drug-likeness (QED) is 0.414. The summed E-state index contributed by atoms with van der Waals surface area (Å²) in [6, 6.07) is 0.231. The Kier molecular flexibility index (Phi) is 7.12. The molecule has 4 saturated carbocycles.